The Balaban J connectivity index is 1.95. The van der Waals surface area contributed by atoms with Crippen molar-refractivity contribution in [2.24, 2.45) is 0 Å². The van der Waals surface area contributed by atoms with Crippen LogP contribution in [0.1, 0.15) is 36.3 Å². The first-order chi connectivity index (χ1) is 14.5. The maximum Gasteiger partial charge on any atom is 0.416 e. The number of halogens is 4. The van der Waals surface area contributed by atoms with Gasteiger partial charge in [0.1, 0.15) is 17.1 Å². The molecule has 0 saturated heterocycles. The Hall–Kier alpha value is -2.93. The molecule has 3 aromatic rings. The average molecular weight is 452 g/mol. The van der Waals surface area contributed by atoms with Crippen LogP contribution in [0.4, 0.5) is 18.9 Å². The van der Waals surface area contributed by atoms with Gasteiger partial charge in [-0.15, -0.1) is 0 Å². The number of nitrogens with one attached hydrogen (secondary N) is 1. The van der Waals surface area contributed by atoms with E-state index in [1.807, 2.05) is 26.8 Å². The lowest BCUT2D eigenvalue weighted by atomic mass is 10.0. The van der Waals surface area contributed by atoms with E-state index in [0.717, 1.165) is 34.9 Å². The molecule has 4 nitrogen and oxygen atoms in total. The number of carbonyl (C=O) groups is 1. The highest BCUT2D eigenvalue weighted by Crippen LogP contribution is 2.36. The van der Waals surface area contributed by atoms with Gasteiger partial charge < -0.3 is 14.5 Å². The van der Waals surface area contributed by atoms with Gasteiger partial charge >= 0.3 is 6.18 Å². The average Bonchev–Trinajstić information content (AvgIpc) is 2.95. The van der Waals surface area contributed by atoms with Gasteiger partial charge in [0, 0.05) is 23.1 Å². The van der Waals surface area contributed by atoms with Gasteiger partial charge in [-0.1, -0.05) is 11.6 Å². The minimum atomic E-state index is -4.54. The van der Waals surface area contributed by atoms with Crippen LogP contribution in [0.2, 0.25) is 5.02 Å². The number of amides is 1. The summed E-state index contributed by atoms with van der Waals surface area (Å²) in [7, 11) is 0. The minimum absolute atomic E-state index is 0.00771. The van der Waals surface area contributed by atoms with Crippen LogP contribution in [0.15, 0.2) is 40.8 Å². The quantitative estimate of drug-likeness (QED) is 0.418. The maximum atomic E-state index is 13.0. The minimum Gasteiger partial charge on any atom is -0.493 e. The molecule has 8 heteroatoms. The number of aryl methyl sites for hydroxylation is 2. The Morgan fingerprint density at radius 1 is 1.23 bits per heavy atom. The molecule has 0 aliphatic rings. The maximum absolute atomic E-state index is 13.0. The molecule has 0 spiro atoms. The zero-order valence-electron chi connectivity index (χ0n) is 17.4. The van der Waals surface area contributed by atoms with Crippen LogP contribution in [0.25, 0.3) is 16.5 Å². The molecule has 2 aromatic carbocycles. The highest BCUT2D eigenvalue weighted by Gasteiger charge is 2.31. The van der Waals surface area contributed by atoms with Crippen LogP contribution >= 0.6 is 11.6 Å². The van der Waals surface area contributed by atoms with Gasteiger partial charge in [-0.2, -0.15) is 13.2 Å². The Morgan fingerprint density at radius 3 is 2.58 bits per heavy atom. The van der Waals surface area contributed by atoms with E-state index in [-0.39, 0.29) is 10.7 Å². The predicted octanol–water partition coefficient (Wildman–Crippen LogP) is 7.16. The molecule has 0 atom stereocenters. The summed E-state index contributed by atoms with van der Waals surface area (Å²) >= 11 is 5.96. The smallest absolute Gasteiger partial charge is 0.416 e. The lowest BCUT2D eigenvalue weighted by molar-refractivity contribution is -0.137. The molecule has 1 aromatic heterocycles. The molecule has 1 N–H and O–H groups in total. The van der Waals surface area contributed by atoms with Crippen LogP contribution < -0.4 is 10.1 Å². The molecule has 0 saturated carbocycles. The monoisotopic (exact) mass is 451 g/mol. The topological polar surface area (TPSA) is 51.5 Å². The first-order valence-electron chi connectivity index (χ1n) is 9.54. The van der Waals surface area contributed by atoms with E-state index >= 15 is 0 Å². The van der Waals surface area contributed by atoms with Crippen LogP contribution in [-0.2, 0) is 11.0 Å². The summed E-state index contributed by atoms with van der Waals surface area (Å²) in [5, 5.41) is 3.32. The van der Waals surface area contributed by atoms with Crippen molar-refractivity contribution < 1.29 is 27.1 Å². The zero-order chi connectivity index (χ0) is 22.9. The summed E-state index contributed by atoms with van der Waals surface area (Å²) in [6.45, 7) is 7.78. The predicted molar refractivity (Wildman–Crippen MR) is 116 cm³/mol. The number of ether oxygens (including phenoxy) is 1. The molecule has 0 radical (unpaired) electrons. The number of hydrogen-bond donors (Lipinski definition) is 1. The summed E-state index contributed by atoms with van der Waals surface area (Å²) in [6.07, 6.45) is -3.25. The fourth-order valence-electron chi connectivity index (χ4n) is 3.19. The second-order valence-corrected chi connectivity index (χ2v) is 7.48. The number of fused-ring (bicyclic) bond motifs is 1. The number of anilines is 1. The largest absolute Gasteiger partial charge is 0.493 e. The van der Waals surface area contributed by atoms with Gasteiger partial charge in [0.25, 0.3) is 0 Å². The lowest BCUT2D eigenvalue weighted by Gasteiger charge is -2.12. The van der Waals surface area contributed by atoms with Crippen molar-refractivity contribution in [3.8, 4) is 5.75 Å². The van der Waals surface area contributed by atoms with Crippen LogP contribution in [0.5, 0.6) is 5.75 Å². The molecule has 3 rings (SSSR count). The van der Waals surface area contributed by atoms with E-state index in [9.17, 15) is 18.0 Å². The molecule has 1 heterocycles. The van der Waals surface area contributed by atoms with E-state index in [0.29, 0.717) is 29.1 Å². The molecular formula is C23H21ClF3NO3. The van der Waals surface area contributed by atoms with Crippen LogP contribution in [0.3, 0.4) is 0 Å². The Morgan fingerprint density at radius 2 is 1.94 bits per heavy atom. The van der Waals surface area contributed by atoms with Crippen LogP contribution in [0, 0.1) is 13.8 Å². The van der Waals surface area contributed by atoms with Crippen molar-refractivity contribution in [2.75, 3.05) is 11.9 Å². The van der Waals surface area contributed by atoms with Gasteiger partial charge in [0.05, 0.1) is 22.9 Å². The molecule has 0 unspecified atom stereocenters. The number of alkyl halides is 3. The molecule has 0 bridgehead atoms. The van der Waals surface area contributed by atoms with Crippen molar-refractivity contribution in [3.63, 3.8) is 0 Å². The van der Waals surface area contributed by atoms with E-state index in [4.69, 9.17) is 20.8 Å². The first kappa shape index (κ1) is 22.7. The lowest BCUT2D eigenvalue weighted by Crippen LogP contribution is -2.11. The highest BCUT2D eigenvalue weighted by atomic mass is 35.5. The second kappa shape index (κ2) is 8.67. The standard InChI is InChI=1S/C23H21ClF3NO3/c1-5-30-20-11-21-17(13(3)14(4)31-21)10-16(20)12(2)8-22(29)28-19-9-15(23(25,26)27)6-7-18(19)24/h6-11H,5H2,1-4H3,(H,28,29)/b12-8+. The summed E-state index contributed by atoms with van der Waals surface area (Å²) in [5.74, 6) is 0.719. The van der Waals surface area contributed by atoms with Gasteiger partial charge in [-0.3, -0.25) is 4.79 Å². The number of hydrogen-bond acceptors (Lipinski definition) is 3. The number of benzene rings is 2. The second-order valence-electron chi connectivity index (χ2n) is 7.07. The Bertz CT molecular complexity index is 1180. The summed E-state index contributed by atoms with van der Waals surface area (Å²) in [6, 6.07) is 6.41. The van der Waals surface area contributed by atoms with Crippen molar-refractivity contribution >= 4 is 39.7 Å². The third-order valence-electron chi connectivity index (χ3n) is 4.90. The summed E-state index contributed by atoms with van der Waals surface area (Å²) < 4.78 is 50.3. The third-order valence-corrected chi connectivity index (χ3v) is 5.23. The molecule has 31 heavy (non-hydrogen) atoms. The van der Waals surface area contributed by atoms with Crippen LogP contribution in [-0.4, -0.2) is 12.5 Å². The molecule has 164 valence electrons. The fraction of sp³-hybridized carbons (Fsp3) is 0.261. The summed E-state index contributed by atoms with van der Waals surface area (Å²) in [5.41, 5.74) is 1.89. The first-order valence-corrected chi connectivity index (χ1v) is 9.92. The molecule has 0 fully saturated rings. The van der Waals surface area contributed by atoms with Crippen molar-refractivity contribution in [1.29, 1.82) is 0 Å². The van der Waals surface area contributed by atoms with Crippen molar-refractivity contribution in [3.05, 3.63) is 63.9 Å². The van der Waals surface area contributed by atoms with Gasteiger partial charge in [0.2, 0.25) is 5.91 Å². The molecule has 0 aliphatic heterocycles. The number of carbonyl (C=O) groups excluding carboxylic acids is 1. The zero-order valence-corrected chi connectivity index (χ0v) is 18.2. The number of furan rings is 1. The van der Waals surface area contributed by atoms with E-state index < -0.39 is 17.6 Å². The van der Waals surface area contributed by atoms with Crippen molar-refractivity contribution in [2.45, 2.75) is 33.9 Å². The van der Waals surface area contributed by atoms with E-state index in [2.05, 4.69) is 5.32 Å². The number of allylic oxidation sites excluding steroid dienone is 1. The number of rotatable bonds is 5. The van der Waals surface area contributed by atoms with Gasteiger partial charge in [-0.05, 0) is 63.1 Å². The van der Waals surface area contributed by atoms with Crippen molar-refractivity contribution in [1.82, 2.24) is 0 Å². The van der Waals surface area contributed by atoms with Gasteiger partial charge in [0.15, 0.2) is 0 Å². The Kier molecular flexibility index (Phi) is 6.36. The fourth-order valence-corrected chi connectivity index (χ4v) is 3.36. The molecule has 1 amide bonds. The SMILES string of the molecule is CCOc1cc2oc(C)c(C)c2cc1/C(C)=C/C(=O)Nc1cc(C(F)(F)F)ccc1Cl. The Labute approximate surface area is 182 Å². The molecule has 0 aliphatic carbocycles. The molecular weight excluding hydrogens is 431 g/mol. The van der Waals surface area contributed by atoms with Gasteiger partial charge in [-0.25, -0.2) is 0 Å². The van der Waals surface area contributed by atoms with E-state index in [1.165, 1.54) is 6.08 Å². The summed E-state index contributed by atoms with van der Waals surface area (Å²) in [4.78, 5) is 12.5. The highest BCUT2D eigenvalue weighted by molar-refractivity contribution is 6.33. The third kappa shape index (κ3) is 4.88. The normalized spacial score (nSPS) is 12.3. The van der Waals surface area contributed by atoms with E-state index in [1.54, 1.807) is 13.0 Å².